The topological polar surface area (TPSA) is 96.1 Å². The Bertz CT molecular complexity index is 684. The third-order valence-electron chi connectivity index (χ3n) is 2.11. The zero-order valence-corrected chi connectivity index (χ0v) is 9.93. The van der Waals surface area contributed by atoms with Crippen molar-refractivity contribution in [3.63, 3.8) is 0 Å². The molecule has 0 amide bonds. The van der Waals surface area contributed by atoms with Crippen LogP contribution in [-0.2, 0) is 9.84 Å². The molecule has 2 rings (SSSR count). The summed E-state index contributed by atoms with van der Waals surface area (Å²) in [5.41, 5.74) is 0.396. The average Bonchev–Trinajstić information content (AvgIpc) is 2.27. The van der Waals surface area contributed by atoms with Gasteiger partial charge in [0.1, 0.15) is 11.3 Å². The maximum absolute atomic E-state index is 11.6. The van der Waals surface area contributed by atoms with Crippen LogP contribution >= 0.6 is 0 Å². The van der Waals surface area contributed by atoms with Gasteiger partial charge in [0.05, 0.1) is 13.2 Å². The molecule has 0 N–H and O–H groups in total. The highest BCUT2D eigenvalue weighted by Crippen LogP contribution is 2.16. The number of aromatic nitrogens is 3. The van der Waals surface area contributed by atoms with Crippen LogP contribution in [0.15, 0.2) is 23.4 Å². The van der Waals surface area contributed by atoms with E-state index in [-0.39, 0.29) is 15.9 Å². The standard InChI is InChI=1S/C9H9N3O4S/c1-16-6-3-4-7-8(5-6)12(13)11-9(10-7)17(2,14)15/h3-5H,1-2H3. The van der Waals surface area contributed by atoms with E-state index >= 15 is 0 Å². The van der Waals surface area contributed by atoms with Crippen molar-refractivity contribution in [2.24, 2.45) is 0 Å². The molecule has 0 atom stereocenters. The summed E-state index contributed by atoms with van der Waals surface area (Å²) in [6.45, 7) is 0. The Morgan fingerprint density at radius 3 is 2.71 bits per heavy atom. The minimum absolute atomic E-state index is 0.150. The SMILES string of the molecule is COc1ccc2nc(S(C)(=O)=O)n[n+]([O-])c2c1. The molecule has 17 heavy (non-hydrogen) atoms. The van der Waals surface area contributed by atoms with Gasteiger partial charge in [-0.05, 0) is 17.0 Å². The molecule has 1 heterocycles. The Labute approximate surface area is 97.2 Å². The highest BCUT2D eigenvalue weighted by molar-refractivity contribution is 7.90. The molecular weight excluding hydrogens is 246 g/mol. The summed E-state index contributed by atoms with van der Waals surface area (Å²) in [5, 5.41) is 14.4. The van der Waals surface area contributed by atoms with E-state index in [0.717, 1.165) is 6.26 Å². The number of ether oxygens (including phenoxy) is 1. The molecule has 2 aromatic rings. The number of hydrogen-bond acceptors (Lipinski definition) is 6. The van der Waals surface area contributed by atoms with Crippen LogP contribution in [0.4, 0.5) is 0 Å². The largest absolute Gasteiger partial charge is 0.594 e. The van der Waals surface area contributed by atoms with E-state index in [1.165, 1.54) is 19.2 Å². The van der Waals surface area contributed by atoms with Gasteiger partial charge in [0.2, 0.25) is 9.84 Å². The lowest BCUT2D eigenvalue weighted by atomic mass is 10.3. The van der Waals surface area contributed by atoms with Crippen molar-refractivity contribution in [3.05, 3.63) is 23.4 Å². The van der Waals surface area contributed by atoms with Crippen molar-refractivity contribution in [1.82, 2.24) is 10.1 Å². The fourth-order valence-corrected chi connectivity index (χ4v) is 1.78. The lowest BCUT2D eigenvalue weighted by Crippen LogP contribution is -2.34. The van der Waals surface area contributed by atoms with E-state index in [9.17, 15) is 13.6 Å². The highest BCUT2D eigenvalue weighted by atomic mass is 32.2. The second-order valence-electron chi connectivity index (χ2n) is 3.39. The second-order valence-corrected chi connectivity index (χ2v) is 5.30. The summed E-state index contributed by atoms with van der Waals surface area (Å²) in [6, 6.07) is 4.52. The molecule has 0 saturated heterocycles. The molecule has 7 nitrogen and oxygen atoms in total. The smallest absolute Gasteiger partial charge is 0.314 e. The van der Waals surface area contributed by atoms with Crippen LogP contribution in [0.2, 0.25) is 0 Å². The zero-order chi connectivity index (χ0) is 12.6. The first kappa shape index (κ1) is 11.5. The lowest BCUT2D eigenvalue weighted by molar-refractivity contribution is -0.647. The number of methoxy groups -OCH3 is 1. The summed E-state index contributed by atoms with van der Waals surface area (Å²) in [7, 11) is -2.15. The van der Waals surface area contributed by atoms with Crippen LogP contribution in [0, 0.1) is 5.21 Å². The fraction of sp³-hybridized carbons (Fsp3) is 0.222. The number of benzene rings is 1. The van der Waals surface area contributed by atoms with Gasteiger partial charge < -0.3 is 9.94 Å². The molecule has 8 heteroatoms. The van der Waals surface area contributed by atoms with Crippen molar-refractivity contribution in [3.8, 4) is 5.75 Å². The van der Waals surface area contributed by atoms with Crippen LogP contribution in [-0.4, -0.2) is 31.9 Å². The summed E-state index contributed by atoms with van der Waals surface area (Å²) in [6.07, 6.45) is 0.942. The normalized spacial score (nSPS) is 11.6. The fourth-order valence-electron chi connectivity index (χ4n) is 1.29. The van der Waals surface area contributed by atoms with Gasteiger partial charge in [0.15, 0.2) is 0 Å². The van der Waals surface area contributed by atoms with Crippen molar-refractivity contribution in [1.29, 1.82) is 0 Å². The van der Waals surface area contributed by atoms with E-state index in [1.54, 1.807) is 6.07 Å². The number of rotatable bonds is 2. The number of fused-ring (bicyclic) bond motifs is 1. The van der Waals surface area contributed by atoms with Gasteiger partial charge in [0, 0.05) is 11.4 Å². The van der Waals surface area contributed by atoms with E-state index in [4.69, 9.17) is 4.74 Å². The molecule has 90 valence electrons. The van der Waals surface area contributed by atoms with Gasteiger partial charge in [-0.15, -0.1) is 0 Å². The number of hydrogen-bond donors (Lipinski definition) is 0. The predicted molar refractivity (Wildman–Crippen MR) is 58.2 cm³/mol. The van der Waals surface area contributed by atoms with Gasteiger partial charge >= 0.3 is 5.16 Å². The van der Waals surface area contributed by atoms with Crippen molar-refractivity contribution in [2.45, 2.75) is 5.16 Å². The van der Waals surface area contributed by atoms with Gasteiger partial charge in [-0.2, -0.15) is 0 Å². The van der Waals surface area contributed by atoms with E-state index < -0.39 is 15.0 Å². The minimum Gasteiger partial charge on any atom is -0.594 e. The molecule has 0 bridgehead atoms. The Balaban J connectivity index is 2.76. The summed E-state index contributed by atoms with van der Waals surface area (Å²) in [5.74, 6) is 0.470. The Morgan fingerprint density at radius 1 is 1.41 bits per heavy atom. The Hall–Kier alpha value is -1.96. The lowest BCUT2D eigenvalue weighted by Gasteiger charge is -2.03. The first-order chi connectivity index (χ1) is 7.91. The first-order valence-corrected chi connectivity index (χ1v) is 6.46. The molecule has 1 aromatic heterocycles. The molecular formula is C9H9N3O4S. The van der Waals surface area contributed by atoms with Crippen LogP contribution in [0.25, 0.3) is 11.0 Å². The van der Waals surface area contributed by atoms with Crippen LogP contribution < -0.4 is 9.58 Å². The second kappa shape index (κ2) is 3.81. The molecule has 0 aliphatic carbocycles. The average molecular weight is 255 g/mol. The quantitative estimate of drug-likeness (QED) is 0.538. The molecule has 0 radical (unpaired) electrons. The number of nitrogens with zero attached hydrogens (tertiary/aromatic N) is 3. The third kappa shape index (κ3) is 2.11. The Kier molecular flexibility index (Phi) is 2.58. The van der Waals surface area contributed by atoms with Crippen molar-refractivity contribution in [2.75, 3.05) is 13.4 Å². The highest BCUT2D eigenvalue weighted by Gasteiger charge is 2.19. The van der Waals surface area contributed by atoms with Gasteiger partial charge in [-0.3, -0.25) is 0 Å². The van der Waals surface area contributed by atoms with E-state index in [0.29, 0.717) is 5.75 Å². The summed E-state index contributed by atoms with van der Waals surface area (Å²) >= 11 is 0. The first-order valence-electron chi connectivity index (χ1n) is 4.57. The molecule has 0 aliphatic heterocycles. The minimum atomic E-state index is -3.61. The van der Waals surface area contributed by atoms with Crippen LogP contribution in [0.1, 0.15) is 0 Å². The monoisotopic (exact) mass is 255 g/mol. The third-order valence-corrected chi connectivity index (χ3v) is 2.95. The zero-order valence-electron chi connectivity index (χ0n) is 9.11. The predicted octanol–water partition coefficient (Wildman–Crippen LogP) is -0.325. The Morgan fingerprint density at radius 2 is 2.12 bits per heavy atom. The molecule has 0 saturated carbocycles. The maximum Gasteiger partial charge on any atom is 0.314 e. The van der Waals surface area contributed by atoms with Crippen molar-refractivity contribution < 1.29 is 18.0 Å². The molecule has 0 aliphatic rings. The van der Waals surface area contributed by atoms with E-state index in [1.807, 2.05) is 0 Å². The van der Waals surface area contributed by atoms with Crippen LogP contribution in [0.3, 0.4) is 0 Å². The molecule has 0 unspecified atom stereocenters. The van der Waals surface area contributed by atoms with Gasteiger partial charge in [0.25, 0.3) is 5.52 Å². The van der Waals surface area contributed by atoms with Gasteiger partial charge in [-0.25, -0.2) is 13.4 Å². The number of sulfone groups is 1. The van der Waals surface area contributed by atoms with Gasteiger partial charge in [-0.1, -0.05) is 0 Å². The molecule has 0 fully saturated rings. The summed E-state index contributed by atoms with van der Waals surface area (Å²) in [4.78, 5) is 4.03. The van der Waals surface area contributed by atoms with E-state index in [2.05, 4.69) is 10.1 Å². The van der Waals surface area contributed by atoms with Crippen molar-refractivity contribution >= 4 is 20.9 Å². The molecule has 1 aromatic carbocycles. The molecule has 0 spiro atoms. The maximum atomic E-state index is 11.6. The van der Waals surface area contributed by atoms with Crippen LogP contribution in [0.5, 0.6) is 5.75 Å². The summed E-state index contributed by atoms with van der Waals surface area (Å²) < 4.78 is 27.4.